The maximum Gasteiger partial charge on any atom is 0.0587 e. The van der Waals surface area contributed by atoms with Crippen molar-refractivity contribution in [2.24, 2.45) is 0 Å². The van der Waals surface area contributed by atoms with Crippen molar-refractivity contribution < 1.29 is 19.5 Å². The molecule has 0 saturated carbocycles. The summed E-state index contributed by atoms with van der Waals surface area (Å²) in [4.78, 5) is 0. The van der Waals surface area contributed by atoms with Crippen LogP contribution in [0.2, 0.25) is 0 Å². The van der Waals surface area contributed by atoms with Gasteiger partial charge in [-0.2, -0.15) is 10.5 Å². The third kappa shape index (κ3) is 463. The molecule has 0 spiro atoms. The molecule has 7 heavy (non-hydrogen) atoms. The molecular formula is C4H6N2Zn. The van der Waals surface area contributed by atoms with E-state index in [1.165, 1.54) is 13.8 Å². The Balaban J connectivity index is -0.0000000400. The Morgan fingerprint density at radius 3 is 1.00 bits per heavy atom. The average molecular weight is 147 g/mol. The first-order valence-corrected chi connectivity index (χ1v) is 1.45. The predicted molar refractivity (Wildman–Crippen MR) is 22.6 cm³/mol. The minimum atomic E-state index is 0. The molecule has 0 unspecified atom stereocenters. The Hall–Kier alpha value is -0.397. The fourth-order valence-corrected chi connectivity index (χ4v) is 0. The minimum absolute atomic E-state index is 0. The number of hydrogen-bond donors (Lipinski definition) is 0. The van der Waals surface area contributed by atoms with E-state index >= 15 is 0 Å². The van der Waals surface area contributed by atoms with E-state index < -0.39 is 0 Å². The van der Waals surface area contributed by atoms with Crippen LogP contribution in [0.25, 0.3) is 0 Å². The van der Waals surface area contributed by atoms with Crippen LogP contribution >= 0.6 is 0 Å². The van der Waals surface area contributed by atoms with Gasteiger partial charge in [0.1, 0.15) is 0 Å². The minimum Gasteiger partial charge on any atom is -0.199 e. The first-order chi connectivity index (χ1) is 2.83. The topological polar surface area (TPSA) is 47.6 Å². The van der Waals surface area contributed by atoms with E-state index in [2.05, 4.69) is 0 Å². The van der Waals surface area contributed by atoms with E-state index in [-0.39, 0.29) is 19.5 Å². The molecule has 0 heterocycles. The normalized spacial score (nSPS) is 2.29. The molecule has 0 aromatic heterocycles. The van der Waals surface area contributed by atoms with Gasteiger partial charge in [-0.25, -0.2) is 0 Å². The maximum absolute atomic E-state index is 7.32. The second kappa shape index (κ2) is 46.2. The van der Waals surface area contributed by atoms with Gasteiger partial charge in [0.15, 0.2) is 0 Å². The zero-order chi connectivity index (χ0) is 5.41. The van der Waals surface area contributed by atoms with Crippen LogP contribution in [0.15, 0.2) is 0 Å². The molecule has 0 saturated heterocycles. The Labute approximate surface area is 56.5 Å². The van der Waals surface area contributed by atoms with E-state index in [0.717, 1.165) is 0 Å². The molecule has 2 nitrogen and oxygen atoms in total. The molecular weight excluding hydrogens is 141 g/mol. The summed E-state index contributed by atoms with van der Waals surface area (Å²) in [6, 6.07) is 3.50. The Morgan fingerprint density at radius 2 is 1.00 bits per heavy atom. The first-order valence-electron chi connectivity index (χ1n) is 1.45. The van der Waals surface area contributed by atoms with Gasteiger partial charge in [-0.15, -0.1) is 0 Å². The van der Waals surface area contributed by atoms with Crippen molar-refractivity contribution in [3.05, 3.63) is 0 Å². The fraction of sp³-hybridized carbons (Fsp3) is 0.500. The van der Waals surface area contributed by atoms with Crippen LogP contribution in [0.1, 0.15) is 13.8 Å². The summed E-state index contributed by atoms with van der Waals surface area (Å²) in [5.41, 5.74) is 0. The summed E-state index contributed by atoms with van der Waals surface area (Å²) in [6.45, 7) is 2.86. The first kappa shape index (κ1) is 16.0. The van der Waals surface area contributed by atoms with Crippen molar-refractivity contribution in [2.75, 3.05) is 0 Å². The van der Waals surface area contributed by atoms with Gasteiger partial charge >= 0.3 is 0 Å². The van der Waals surface area contributed by atoms with Crippen LogP contribution in [0, 0.1) is 22.7 Å². The monoisotopic (exact) mass is 146 g/mol. The molecule has 34 valence electrons. The Kier molecular flexibility index (Phi) is 105. The van der Waals surface area contributed by atoms with Crippen LogP contribution < -0.4 is 0 Å². The van der Waals surface area contributed by atoms with Crippen molar-refractivity contribution in [1.29, 1.82) is 10.5 Å². The summed E-state index contributed by atoms with van der Waals surface area (Å²) >= 11 is 0. The predicted octanol–water partition coefficient (Wildman–Crippen LogP) is 1.06. The third-order valence-electron chi connectivity index (χ3n) is 0. The van der Waals surface area contributed by atoms with Gasteiger partial charge in [-0.1, -0.05) is 0 Å². The van der Waals surface area contributed by atoms with E-state index in [1.807, 2.05) is 0 Å². The van der Waals surface area contributed by atoms with Crippen molar-refractivity contribution in [1.82, 2.24) is 0 Å². The summed E-state index contributed by atoms with van der Waals surface area (Å²) < 4.78 is 0. The summed E-state index contributed by atoms with van der Waals surface area (Å²) in [7, 11) is 0. The Morgan fingerprint density at radius 1 is 1.00 bits per heavy atom. The molecule has 0 radical (unpaired) electrons. The Bertz CT molecular complexity index is 64.7. The number of rotatable bonds is 0. The second-order valence-electron chi connectivity index (χ2n) is 0.447. The van der Waals surface area contributed by atoms with Crippen molar-refractivity contribution in [2.45, 2.75) is 13.8 Å². The van der Waals surface area contributed by atoms with Gasteiger partial charge in [0, 0.05) is 33.3 Å². The maximum atomic E-state index is 7.32. The van der Waals surface area contributed by atoms with Gasteiger partial charge < -0.3 is 0 Å². The number of nitrogens with zero attached hydrogens (tertiary/aromatic N) is 2. The molecule has 0 N–H and O–H groups in total. The molecule has 0 rings (SSSR count). The van der Waals surface area contributed by atoms with Gasteiger partial charge in [0.2, 0.25) is 0 Å². The number of hydrogen-bond acceptors (Lipinski definition) is 2. The quantitative estimate of drug-likeness (QED) is 0.481. The zero-order valence-corrected chi connectivity index (χ0v) is 7.57. The second-order valence-corrected chi connectivity index (χ2v) is 0.447. The summed E-state index contributed by atoms with van der Waals surface area (Å²) in [5.74, 6) is 0. The largest absolute Gasteiger partial charge is 0.199 e. The van der Waals surface area contributed by atoms with Gasteiger partial charge in [-0.3, -0.25) is 0 Å². The van der Waals surface area contributed by atoms with Crippen LogP contribution in [0.5, 0.6) is 0 Å². The van der Waals surface area contributed by atoms with Gasteiger partial charge in [0.25, 0.3) is 0 Å². The van der Waals surface area contributed by atoms with Crippen molar-refractivity contribution in [3.8, 4) is 12.1 Å². The van der Waals surface area contributed by atoms with Gasteiger partial charge in [-0.05, 0) is 0 Å². The molecule has 0 amide bonds. The zero-order valence-electron chi connectivity index (χ0n) is 4.60. The van der Waals surface area contributed by atoms with Crippen molar-refractivity contribution >= 4 is 0 Å². The molecule has 0 aliphatic rings. The van der Waals surface area contributed by atoms with E-state index in [1.54, 1.807) is 12.1 Å². The molecule has 0 bridgehead atoms. The molecule has 0 aromatic carbocycles. The fourth-order valence-electron chi connectivity index (χ4n) is 0. The van der Waals surface area contributed by atoms with Crippen LogP contribution in [-0.4, -0.2) is 0 Å². The molecule has 0 atom stereocenters. The summed E-state index contributed by atoms with van der Waals surface area (Å²) in [6.07, 6.45) is 0. The van der Waals surface area contributed by atoms with E-state index in [9.17, 15) is 0 Å². The van der Waals surface area contributed by atoms with E-state index in [0.29, 0.717) is 0 Å². The molecule has 0 aromatic rings. The van der Waals surface area contributed by atoms with Crippen LogP contribution in [-0.2, 0) is 19.5 Å². The smallest absolute Gasteiger partial charge is 0.0587 e. The molecule has 3 heteroatoms. The van der Waals surface area contributed by atoms with Gasteiger partial charge in [0.05, 0.1) is 12.1 Å². The molecule has 0 aliphatic carbocycles. The molecule has 0 fully saturated rings. The van der Waals surface area contributed by atoms with Crippen LogP contribution in [0.3, 0.4) is 0 Å². The molecule has 0 aliphatic heterocycles. The summed E-state index contributed by atoms with van der Waals surface area (Å²) in [5, 5.41) is 14.6. The SMILES string of the molecule is CC#N.CC#N.[Zn]. The van der Waals surface area contributed by atoms with E-state index in [4.69, 9.17) is 10.5 Å². The average Bonchev–Trinajstić information content (AvgIpc) is 1.39. The number of nitriles is 2. The van der Waals surface area contributed by atoms with Crippen molar-refractivity contribution in [3.63, 3.8) is 0 Å². The standard InChI is InChI=1S/2C2H3N.Zn/c2*1-2-3;/h2*1H3;. The third-order valence-corrected chi connectivity index (χ3v) is 0. The van der Waals surface area contributed by atoms with Crippen LogP contribution in [0.4, 0.5) is 0 Å².